The zero-order chi connectivity index (χ0) is 13.8. The van der Waals surface area contributed by atoms with E-state index in [-0.39, 0.29) is 18.1 Å². The molecule has 0 aliphatic rings. The first-order valence-electron chi connectivity index (χ1n) is 6.15. The van der Waals surface area contributed by atoms with Gasteiger partial charge in [-0.05, 0) is 24.8 Å². The van der Waals surface area contributed by atoms with Crippen molar-refractivity contribution in [2.24, 2.45) is 5.41 Å². The van der Waals surface area contributed by atoms with Crippen LogP contribution in [0.25, 0.3) is 0 Å². The summed E-state index contributed by atoms with van der Waals surface area (Å²) in [6.07, 6.45) is 0.665. The van der Waals surface area contributed by atoms with Crippen molar-refractivity contribution in [3.05, 3.63) is 35.4 Å². The van der Waals surface area contributed by atoms with E-state index in [0.29, 0.717) is 18.5 Å². The standard InChI is InChI=1S/C14H21F2NO/c1-10(17-9-14(2,3)7-8-18)11-5-4-6-12(15)13(11)16/h4-6,10,17-18H,7-9H2,1-3H3. The van der Waals surface area contributed by atoms with Gasteiger partial charge in [-0.1, -0.05) is 26.0 Å². The van der Waals surface area contributed by atoms with Crippen LogP contribution in [0, 0.1) is 17.0 Å². The highest BCUT2D eigenvalue weighted by Gasteiger charge is 2.20. The van der Waals surface area contributed by atoms with Crippen molar-refractivity contribution in [3.8, 4) is 0 Å². The van der Waals surface area contributed by atoms with Gasteiger partial charge in [0.15, 0.2) is 11.6 Å². The molecule has 0 saturated heterocycles. The van der Waals surface area contributed by atoms with Gasteiger partial charge in [0.25, 0.3) is 0 Å². The summed E-state index contributed by atoms with van der Waals surface area (Å²) in [5, 5.41) is 12.1. The van der Waals surface area contributed by atoms with E-state index in [1.807, 2.05) is 13.8 Å². The van der Waals surface area contributed by atoms with Gasteiger partial charge in [-0.15, -0.1) is 0 Å². The first-order valence-corrected chi connectivity index (χ1v) is 6.15. The molecule has 1 unspecified atom stereocenters. The van der Waals surface area contributed by atoms with Crippen LogP contribution >= 0.6 is 0 Å². The lowest BCUT2D eigenvalue weighted by molar-refractivity contribution is 0.203. The normalized spacial score (nSPS) is 13.7. The van der Waals surface area contributed by atoms with Gasteiger partial charge in [-0.2, -0.15) is 0 Å². The highest BCUT2D eigenvalue weighted by molar-refractivity contribution is 5.21. The Bertz CT molecular complexity index is 393. The van der Waals surface area contributed by atoms with Crippen LogP contribution in [0.1, 0.15) is 38.8 Å². The Morgan fingerprint density at radius 1 is 1.33 bits per heavy atom. The number of aliphatic hydroxyl groups excluding tert-OH is 1. The van der Waals surface area contributed by atoms with Gasteiger partial charge in [0.2, 0.25) is 0 Å². The fourth-order valence-corrected chi connectivity index (χ4v) is 1.79. The topological polar surface area (TPSA) is 32.3 Å². The minimum absolute atomic E-state index is 0.0766. The summed E-state index contributed by atoms with van der Waals surface area (Å²) >= 11 is 0. The molecule has 0 aliphatic carbocycles. The fraction of sp³-hybridized carbons (Fsp3) is 0.571. The van der Waals surface area contributed by atoms with E-state index in [4.69, 9.17) is 5.11 Å². The van der Waals surface area contributed by atoms with Gasteiger partial charge in [0.1, 0.15) is 0 Å². The number of benzene rings is 1. The number of aliphatic hydroxyl groups is 1. The van der Waals surface area contributed by atoms with Crippen LogP contribution in [-0.2, 0) is 0 Å². The van der Waals surface area contributed by atoms with Gasteiger partial charge in [0, 0.05) is 24.8 Å². The summed E-state index contributed by atoms with van der Waals surface area (Å²) in [6, 6.07) is 3.93. The zero-order valence-corrected chi connectivity index (χ0v) is 11.1. The Hall–Kier alpha value is -1.00. The molecule has 1 aromatic carbocycles. The number of rotatable bonds is 6. The maximum absolute atomic E-state index is 13.6. The molecule has 2 nitrogen and oxygen atoms in total. The highest BCUT2D eigenvalue weighted by Crippen LogP contribution is 2.22. The molecule has 0 radical (unpaired) electrons. The van der Waals surface area contributed by atoms with Crippen LogP contribution in [0.2, 0.25) is 0 Å². The average Bonchev–Trinajstić information content (AvgIpc) is 2.30. The molecule has 2 N–H and O–H groups in total. The third kappa shape index (κ3) is 4.03. The third-order valence-electron chi connectivity index (χ3n) is 3.12. The quantitative estimate of drug-likeness (QED) is 0.821. The Morgan fingerprint density at radius 3 is 2.61 bits per heavy atom. The lowest BCUT2D eigenvalue weighted by Crippen LogP contribution is -2.32. The van der Waals surface area contributed by atoms with Crippen molar-refractivity contribution < 1.29 is 13.9 Å². The summed E-state index contributed by atoms with van der Waals surface area (Å²) in [5.41, 5.74) is 0.252. The van der Waals surface area contributed by atoms with E-state index in [0.717, 1.165) is 6.07 Å². The molecule has 102 valence electrons. The monoisotopic (exact) mass is 257 g/mol. The van der Waals surface area contributed by atoms with Gasteiger partial charge >= 0.3 is 0 Å². The van der Waals surface area contributed by atoms with Crippen LogP contribution in [0.4, 0.5) is 8.78 Å². The maximum atomic E-state index is 13.6. The van der Waals surface area contributed by atoms with E-state index in [9.17, 15) is 8.78 Å². The minimum atomic E-state index is -0.823. The van der Waals surface area contributed by atoms with Crippen molar-refractivity contribution in [1.29, 1.82) is 0 Å². The summed E-state index contributed by atoms with van der Waals surface area (Å²) in [7, 11) is 0. The second kappa shape index (κ2) is 6.25. The van der Waals surface area contributed by atoms with Crippen molar-refractivity contribution in [2.45, 2.75) is 33.2 Å². The Balaban J connectivity index is 2.66. The first-order chi connectivity index (χ1) is 8.37. The highest BCUT2D eigenvalue weighted by atomic mass is 19.2. The molecular formula is C14H21F2NO. The van der Waals surface area contributed by atoms with Crippen LogP contribution in [-0.4, -0.2) is 18.3 Å². The number of hydrogen-bond donors (Lipinski definition) is 2. The molecule has 1 aromatic rings. The lowest BCUT2D eigenvalue weighted by Gasteiger charge is -2.26. The van der Waals surface area contributed by atoms with Crippen LogP contribution < -0.4 is 5.32 Å². The molecule has 0 amide bonds. The van der Waals surface area contributed by atoms with Crippen LogP contribution in [0.15, 0.2) is 18.2 Å². The number of hydrogen-bond acceptors (Lipinski definition) is 2. The smallest absolute Gasteiger partial charge is 0.163 e. The largest absolute Gasteiger partial charge is 0.396 e. The third-order valence-corrected chi connectivity index (χ3v) is 3.12. The predicted octanol–water partition coefficient (Wildman–Crippen LogP) is 3.02. The second-order valence-corrected chi connectivity index (χ2v) is 5.38. The lowest BCUT2D eigenvalue weighted by atomic mass is 9.89. The summed E-state index contributed by atoms with van der Waals surface area (Å²) in [6.45, 7) is 6.59. The number of nitrogens with one attached hydrogen (secondary N) is 1. The van der Waals surface area contributed by atoms with E-state index >= 15 is 0 Å². The second-order valence-electron chi connectivity index (χ2n) is 5.38. The van der Waals surface area contributed by atoms with Crippen molar-refractivity contribution in [3.63, 3.8) is 0 Å². The van der Waals surface area contributed by atoms with E-state index in [2.05, 4.69) is 5.32 Å². The van der Waals surface area contributed by atoms with Crippen molar-refractivity contribution in [1.82, 2.24) is 5.32 Å². The molecule has 0 bridgehead atoms. The molecule has 18 heavy (non-hydrogen) atoms. The molecule has 0 heterocycles. The molecule has 0 spiro atoms. The number of halogens is 2. The molecule has 0 fully saturated rings. The fourth-order valence-electron chi connectivity index (χ4n) is 1.79. The summed E-state index contributed by atoms with van der Waals surface area (Å²) in [4.78, 5) is 0. The molecule has 0 aliphatic heterocycles. The molecule has 0 saturated carbocycles. The molecule has 1 rings (SSSR count). The van der Waals surface area contributed by atoms with E-state index < -0.39 is 11.6 Å². The van der Waals surface area contributed by atoms with E-state index in [1.54, 1.807) is 13.0 Å². The Morgan fingerprint density at radius 2 is 2.00 bits per heavy atom. The summed E-state index contributed by atoms with van der Waals surface area (Å²) < 4.78 is 26.7. The van der Waals surface area contributed by atoms with Crippen molar-refractivity contribution in [2.75, 3.05) is 13.2 Å². The average molecular weight is 257 g/mol. The van der Waals surface area contributed by atoms with Crippen LogP contribution in [0.3, 0.4) is 0 Å². The molecule has 4 heteroatoms. The summed E-state index contributed by atoms with van der Waals surface area (Å²) in [5.74, 6) is -1.62. The van der Waals surface area contributed by atoms with Crippen LogP contribution in [0.5, 0.6) is 0 Å². The maximum Gasteiger partial charge on any atom is 0.163 e. The van der Waals surface area contributed by atoms with Gasteiger partial charge in [-0.25, -0.2) is 8.78 Å². The van der Waals surface area contributed by atoms with Crippen molar-refractivity contribution >= 4 is 0 Å². The molecule has 0 aromatic heterocycles. The SMILES string of the molecule is CC(NCC(C)(C)CCO)c1cccc(F)c1F. The first kappa shape index (κ1) is 15.1. The Labute approximate surface area is 107 Å². The van der Waals surface area contributed by atoms with Gasteiger partial charge in [0.05, 0.1) is 0 Å². The van der Waals surface area contributed by atoms with Gasteiger partial charge < -0.3 is 10.4 Å². The predicted molar refractivity (Wildman–Crippen MR) is 68.3 cm³/mol. The molecular weight excluding hydrogens is 236 g/mol. The minimum Gasteiger partial charge on any atom is -0.396 e. The van der Waals surface area contributed by atoms with E-state index in [1.165, 1.54) is 6.07 Å². The molecule has 1 atom stereocenters. The van der Waals surface area contributed by atoms with Gasteiger partial charge in [-0.3, -0.25) is 0 Å². The Kier molecular flexibility index (Phi) is 5.23. The zero-order valence-electron chi connectivity index (χ0n) is 11.1.